The van der Waals surface area contributed by atoms with Crippen LogP contribution in [0.5, 0.6) is 0 Å². The SMILES string of the molecule is COP(=O)(OC)C1CC(O)C1. The zero-order valence-corrected chi connectivity index (χ0v) is 7.58. The fraction of sp³-hybridized carbons (Fsp3) is 1.00. The van der Waals surface area contributed by atoms with Crippen molar-refractivity contribution in [2.45, 2.75) is 24.6 Å². The maximum atomic E-state index is 11.5. The molecule has 0 aromatic carbocycles. The first kappa shape index (κ1) is 9.20. The highest BCUT2D eigenvalue weighted by Crippen LogP contribution is 2.58. The van der Waals surface area contributed by atoms with Crippen molar-refractivity contribution in [1.29, 1.82) is 0 Å². The lowest BCUT2D eigenvalue weighted by Crippen LogP contribution is -2.33. The molecule has 4 nitrogen and oxygen atoms in total. The molecular formula is C6H13O4P. The van der Waals surface area contributed by atoms with Gasteiger partial charge in [-0.1, -0.05) is 0 Å². The number of rotatable bonds is 3. The molecule has 0 spiro atoms. The molecule has 0 heterocycles. The van der Waals surface area contributed by atoms with Crippen molar-refractivity contribution in [3.8, 4) is 0 Å². The van der Waals surface area contributed by atoms with E-state index >= 15 is 0 Å². The van der Waals surface area contributed by atoms with E-state index in [4.69, 9.17) is 14.2 Å². The van der Waals surface area contributed by atoms with Gasteiger partial charge in [0.15, 0.2) is 0 Å². The van der Waals surface area contributed by atoms with Gasteiger partial charge in [0.25, 0.3) is 0 Å². The van der Waals surface area contributed by atoms with Crippen LogP contribution in [-0.4, -0.2) is 31.1 Å². The number of hydrogen-bond acceptors (Lipinski definition) is 4. The van der Waals surface area contributed by atoms with Crippen LogP contribution in [-0.2, 0) is 13.6 Å². The second-order valence-electron chi connectivity index (χ2n) is 2.68. The smallest absolute Gasteiger partial charge is 0.333 e. The van der Waals surface area contributed by atoms with E-state index in [0.717, 1.165) is 0 Å². The number of hydrogen-bond donors (Lipinski definition) is 1. The van der Waals surface area contributed by atoms with Gasteiger partial charge in [0, 0.05) is 14.2 Å². The molecule has 0 aromatic heterocycles. The minimum absolute atomic E-state index is 0.104. The molecule has 1 fully saturated rings. The molecule has 0 atom stereocenters. The molecule has 11 heavy (non-hydrogen) atoms. The molecule has 0 aliphatic heterocycles. The van der Waals surface area contributed by atoms with Crippen molar-refractivity contribution in [2.75, 3.05) is 14.2 Å². The first-order valence-corrected chi connectivity index (χ1v) is 5.13. The van der Waals surface area contributed by atoms with Gasteiger partial charge in [-0.2, -0.15) is 0 Å². The summed E-state index contributed by atoms with van der Waals surface area (Å²) in [5.74, 6) is 0. The maximum Gasteiger partial charge on any atom is 0.333 e. The molecule has 1 aliphatic carbocycles. The summed E-state index contributed by atoms with van der Waals surface area (Å²) in [6.07, 6.45) is 0.733. The third-order valence-corrected chi connectivity index (χ3v) is 4.38. The van der Waals surface area contributed by atoms with E-state index in [1.165, 1.54) is 14.2 Å². The largest absolute Gasteiger partial charge is 0.393 e. The van der Waals surface area contributed by atoms with Crippen molar-refractivity contribution in [3.05, 3.63) is 0 Å². The van der Waals surface area contributed by atoms with Crippen LogP contribution < -0.4 is 0 Å². The third-order valence-electron chi connectivity index (χ3n) is 2.04. The Morgan fingerprint density at radius 2 is 1.82 bits per heavy atom. The molecule has 1 saturated carbocycles. The van der Waals surface area contributed by atoms with Gasteiger partial charge >= 0.3 is 7.60 Å². The lowest BCUT2D eigenvalue weighted by Gasteiger charge is -2.34. The van der Waals surface area contributed by atoms with Crippen LogP contribution in [0, 0.1) is 0 Å². The molecule has 1 rings (SSSR count). The van der Waals surface area contributed by atoms with Crippen LogP contribution in [0.25, 0.3) is 0 Å². The summed E-state index contributed by atoms with van der Waals surface area (Å²) >= 11 is 0. The highest BCUT2D eigenvalue weighted by molar-refractivity contribution is 7.54. The Morgan fingerprint density at radius 3 is 2.09 bits per heavy atom. The van der Waals surface area contributed by atoms with Gasteiger partial charge in [-0.3, -0.25) is 4.57 Å². The standard InChI is InChI=1S/C6H13O4P/c1-9-11(8,10-2)6-3-5(7)4-6/h5-7H,3-4H2,1-2H3. The van der Waals surface area contributed by atoms with Gasteiger partial charge in [0.05, 0.1) is 11.8 Å². The molecule has 0 radical (unpaired) electrons. The van der Waals surface area contributed by atoms with E-state index in [0.29, 0.717) is 12.8 Å². The van der Waals surface area contributed by atoms with Gasteiger partial charge < -0.3 is 14.2 Å². The van der Waals surface area contributed by atoms with Gasteiger partial charge in [0.1, 0.15) is 0 Å². The minimum Gasteiger partial charge on any atom is -0.393 e. The van der Waals surface area contributed by atoms with E-state index in [1.54, 1.807) is 0 Å². The van der Waals surface area contributed by atoms with Crippen LogP contribution in [0.1, 0.15) is 12.8 Å². The summed E-state index contributed by atoms with van der Waals surface area (Å²) in [5.41, 5.74) is -0.104. The van der Waals surface area contributed by atoms with Crippen molar-refractivity contribution in [1.82, 2.24) is 0 Å². The zero-order valence-electron chi connectivity index (χ0n) is 6.69. The average molecular weight is 180 g/mol. The van der Waals surface area contributed by atoms with E-state index in [9.17, 15) is 4.57 Å². The van der Waals surface area contributed by atoms with Crippen molar-refractivity contribution >= 4 is 7.60 Å². The highest BCUT2D eigenvalue weighted by Gasteiger charge is 2.43. The monoisotopic (exact) mass is 180 g/mol. The average Bonchev–Trinajstić information content (AvgIpc) is 1.98. The Kier molecular flexibility index (Phi) is 2.70. The van der Waals surface area contributed by atoms with Gasteiger partial charge in [-0.15, -0.1) is 0 Å². The lowest BCUT2D eigenvalue weighted by atomic mass is 9.96. The Hall–Kier alpha value is 0.110. The summed E-state index contributed by atoms with van der Waals surface area (Å²) < 4.78 is 21.0. The normalized spacial score (nSPS) is 31.5. The van der Waals surface area contributed by atoms with Gasteiger partial charge in [-0.25, -0.2) is 0 Å². The molecule has 0 amide bonds. The van der Waals surface area contributed by atoms with Gasteiger partial charge in [0.2, 0.25) is 0 Å². The van der Waals surface area contributed by atoms with Crippen LogP contribution in [0.3, 0.4) is 0 Å². The van der Waals surface area contributed by atoms with Crippen molar-refractivity contribution < 1.29 is 18.7 Å². The Balaban J connectivity index is 2.51. The predicted molar refractivity (Wildman–Crippen MR) is 40.7 cm³/mol. The fourth-order valence-corrected chi connectivity index (χ4v) is 2.94. The summed E-state index contributed by atoms with van der Waals surface area (Å²) in [4.78, 5) is 0. The molecule has 5 heteroatoms. The number of aliphatic hydroxyl groups is 1. The van der Waals surface area contributed by atoms with E-state index < -0.39 is 7.60 Å². The molecule has 0 aromatic rings. The first-order chi connectivity index (χ1) is 5.12. The van der Waals surface area contributed by atoms with E-state index in [-0.39, 0.29) is 11.8 Å². The van der Waals surface area contributed by atoms with Gasteiger partial charge in [-0.05, 0) is 12.8 Å². The lowest BCUT2D eigenvalue weighted by molar-refractivity contribution is 0.0852. The molecule has 1 N–H and O–H groups in total. The third kappa shape index (κ3) is 1.64. The molecule has 0 bridgehead atoms. The van der Waals surface area contributed by atoms with Crippen molar-refractivity contribution in [2.24, 2.45) is 0 Å². The van der Waals surface area contributed by atoms with Crippen LogP contribution in [0.4, 0.5) is 0 Å². The highest BCUT2D eigenvalue weighted by atomic mass is 31.2. The minimum atomic E-state index is -2.88. The van der Waals surface area contributed by atoms with E-state index in [1.807, 2.05) is 0 Å². The predicted octanol–water partition coefficient (Wildman–Crippen LogP) is 0.996. The zero-order chi connectivity index (χ0) is 8.48. The fourth-order valence-electron chi connectivity index (χ4n) is 1.19. The Labute approximate surface area is 66.0 Å². The summed E-state index contributed by atoms with van der Waals surface area (Å²) in [7, 11) is -0.143. The molecule has 0 saturated heterocycles. The molecule has 66 valence electrons. The van der Waals surface area contributed by atoms with Crippen LogP contribution in [0.15, 0.2) is 0 Å². The van der Waals surface area contributed by atoms with Crippen molar-refractivity contribution in [3.63, 3.8) is 0 Å². The van der Waals surface area contributed by atoms with Crippen LogP contribution >= 0.6 is 7.60 Å². The Bertz CT molecular complexity index is 167. The van der Waals surface area contributed by atoms with Crippen LogP contribution in [0.2, 0.25) is 0 Å². The molecule has 0 unspecified atom stereocenters. The topological polar surface area (TPSA) is 55.8 Å². The van der Waals surface area contributed by atoms with E-state index in [2.05, 4.69) is 0 Å². The molecule has 1 aliphatic rings. The summed E-state index contributed by atoms with van der Waals surface area (Å²) in [6.45, 7) is 0. The Morgan fingerprint density at radius 1 is 1.36 bits per heavy atom. The first-order valence-electron chi connectivity index (χ1n) is 3.51. The summed E-state index contributed by atoms with van der Waals surface area (Å²) in [6, 6.07) is 0. The second-order valence-corrected chi connectivity index (χ2v) is 5.22. The maximum absolute atomic E-state index is 11.5. The summed E-state index contributed by atoms with van der Waals surface area (Å²) in [5, 5.41) is 8.94. The quantitative estimate of drug-likeness (QED) is 0.658. The molecular weight excluding hydrogens is 167 g/mol. The second kappa shape index (κ2) is 3.23. The number of aliphatic hydroxyl groups excluding tert-OH is 1.